The third-order valence-corrected chi connectivity index (χ3v) is 1.87. The Morgan fingerprint density at radius 3 is 2.80 bits per heavy atom. The van der Waals surface area contributed by atoms with Crippen LogP contribution < -0.4 is 5.32 Å². The lowest BCUT2D eigenvalue weighted by atomic mass is 10.3. The molecule has 0 spiro atoms. The summed E-state index contributed by atoms with van der Waals surface area (Å²) in [5, 5.41) is 10.3. The summed E-state index contributed by atoms with van der Waals surface area (Å²) in [4.78, 5) is 10.9. The van der Waals surface area contributed by atoms with Crippen molar-refractivity contribution < 1.29 is 4.79 Å². The molecule has 0 aromatic carbocycles. The number of nitrogens with one attached hydrogen (secondary N) is 1. The SMILES string of the molecule is CSC1N=NC(C)C(=O)N1. The van der Waals surface area contributed by atoms with Crippen molar-refractivity contribution in [2.24, 2.45) is 10.2 Å². The molecule has 4 nitrogen and oxygen atoms in total. The van der Waals surface area contributed by atoms with Gasteiger partial charge in [-0.15, -0.1) is 11.8 Å². The molecule has 5 heteroatoms. The first-order chi connectivity index (χ1) is 4.74. The van der Waals surface area contributed by atoms with E-state index in [0.717, 1.165) is 0 Å². The highest BCUT2D eigenvalue weighted by atomic mass is 32.2. The molecule has 0 saturated heterocycles. The molecule has 1 aliphatic rings. The van der Waals surface area contributed by atoms with Crippen molar-refractivity contribution in [3.63, 3.8) is 0 Å². The standard InChI is InChI=1S/C5H9N3OS/c1-3-4(9)6-5(10-2)8-7-3/h3,5H,1-2H3,(H,6,9). The Kier molecular flexibility index (Phi) is 2.26. The largest absolute Gasteiger partial charge is 0.322 e. The number of hydrogen-bond acceptors (Lipinski definition) is 4. The highest BCUT2D eigenvalue weighted by molar-refractivity contribution is 7.99. The fourth-order valence-electron chi connectivity index (χ4n) is 0.590. The van der Waals surface area contributed by atoms with Gasteiger partial charge < -0.3 is 5.32 Å². The van der Waals surface area contributed by atoms with Crippen LogP contribution in [0.2, 0.25) is 0 Å². The molecule has 0 aliphatic carbocycles. The van der Waals surface area contributed by atoms with Crippen LogP contribution in [0.3, 0.4) is 0 Å². The molecule has 1 N–H and O–H groups in total. The number of carbonyl (C=O) groups excluding carboxylic acids is 1. The van der Waals surface area contributed by atoms with E-state index in [-0.39, 0.29) is 17.4 Å². The summed E-state index contributed by atoms with van der Waals surface area (Å²) in [6, 6.07) is -0.316. The van der Waals surface area contributed by atoms with E-state index < -0.39 is 0 Å². The van der Waals surface area contributed by atoms with Gasteiger partial charge in [-0.05, 0) is 13.2 Å². The van der Waals surface area contributed by atoms with Crippen LogP contribution in [0.5, 0.6) is 0 Å². The number of amides is 1. The van der Waals surface area contributed by atoms with Crippen LogP contribution in [-0.2, 0) is 4.79 Å². The van der Waals surface area contributed by atoms with Crippen LogP contribution in [-0.4, -0.2) is 23.7 Å². The minimum Gasteiger partial charge on any atom is -0.322 e. The maximum absolute atomic E-state index is 10.9. The second-order valence-electron chi connectivity index (χ2n) is 2.00. The fraction of sp³-hybridized carbons (Fsp3) is 0.800. The van der Waals surface area contributed by atoms with Gasteiger partial charge >= 0.3 is 0 Å². The van der Waals surface area contributed by atoms with Crippen molar-refractivity contribution in [3.8, 4) is 0 Å². The zero-order chi connectivity index (χ0) is 7.56. The van der Waals surface area contributed by atoms with Crippen LogP contribution in [0.25, 0.3) is 0 Å². The zero-order valence-corrected chi connectivity index (χ0v) is 6.68. The molecule has 1 aliphatic heterocycles. The Hall–Kier alpha value is -0.580. The molecular weight excluding hydrogens is 150 g/mol. The van der Waals surface area contributed by atoms with Gasteiger partial charge in [0.05, 0.1) is 0 Å². The quantitative estimate of drug-likeness (QED) is 0.609. The lowest BCUT2D eigenvalue weighted by Crippen LogP contribution is -2.40. The number of carbonyl (C=O) groups is 1. The predicted octanol–water partition coefficient (Wildman–Crippen LogP) is 0.603. The lowest BCUT2D eigenvalue weighted by Gasteiger charge is -2.17. The van der Waals surface area contributed by atoms with Gasteiger partial charge in [-0.25, -0.2) is 0 Å². The number of nitrogens with zero attached hydrogens (tertiary/aromatic N) is 2. The second kappa shape index (κ2) is 3.01. The summed E-state index contributed by atoms with van der Waals surface area (Å²) in [6.07, 6.45) is 1.87. The monoisotopic (exact) mass is 159 g/mol. The smallest absolute Gasteiger partial charge is 0.248 e. The van der Waals surface area contributed by atoms with E-state index in [4.69, 9.17) is 0 Å². The third kappa shape index (κ3) is 1.47. The Morgan fingerprint density at radius 1 is 1.60 bits per heavy atom. The molecule has 0 radical (unpaired) electrons. The molecule has 1 rings (SSSR count). The van der Waals surface area contributed by atoms with Crippen molar-refractivity contribution in [3.05, 3.63) is 0 Å². The average molecular weight is 159 g/mol. The minimum atomic E-state index is -0.316. The van der Waals surface area contributed by atoms with E-state index in [1.165, 1.54) is 11.8 Å². The molecule has 0 aromatic rings. The summed E-state index contributed by atoms with van der Waals surface area (Å²) in [5.41, 5.74) is -0.177. The first-order valence-corrected chi connectivity index (χ1v) is 4.26. The van der Waals surface area contributed by atoms with Gasteiger partial charge in [0, 0.05) is 0 Å². The van der Waals surface area contributed by atoms with E-state index in [1.54, 1.807) is 6.92 Å². The van der Waals surface area contributed by atoms with Crippen molar-refractivity contribution >= 4 is 17.7 Å². The molecule has 0 bridgehead atoms. The van der Waals surface area contributed by atoms with Crippen molar-refractivity contribution in [1.29, 1.82) is 0 Å². The Balaban J connectivity index is 2.59. The molecule has 2 unspecified atom stereocenters. The van der Waals surface area contributed by atoms with Gasteiger partial charge in [0.15, 0.2) is 5.50 Å². The molecule has 0 aromatic heterocycles. The number of rotatable bonds is 1. The minimum absolute atomic E-state index is 0.0469. The van der Waals surface area contributed by atoms with E-state index in [9.17, 15) is 4.79 Å². The first kappa shape index (κ1) is 7.53. The Labute approximate surface area is 63.5 Å². The molecule has 1 amide bonds. The van der Waals surface area contributed by atoms with E-state index in [2.05, 4.69) is 15.5 Å². The molecule has 10 heavy (non-hydrogen) atoms. The predicted molar refractivity (Wildman–Crippen MR) is 39.8 cm³/mol. The third-order valence-electron chi connectivity index (χ3n) is 1.21. The van der Waals surface area contributed by atoms with Crippen LogP contribution in [0.1, 0.15) is 6.92 Å². The van der Waals surface area contributed by atoms with Gasteiger partial charge in [-0.1, -0.05) is 0 Å². The first-order valence-electron chi connectivity index (χ1n) is 2.97. The highest BCUT2D eigenvalue weighted by Crippen LogP contribution is 2.10. The summed E-state index contributed by atoms with van der Waals surface area (Å²) in [6.45, 7) is 1.72. The lowest BCUT2D eigenvalue weighted by molar-refractivity contribution is -0.122. The fourth-order valence-corrected chi connectivity index (χ4v) is 0.973. The maximum Gasteiger partial charge on any atom is 0.248 e. The molecule has 1 heterocycles. The Bertz CT molecular complexity index is 170. The van der Waals surface area contributed by atoms with Gasteiger partial charge in [-0.2, -0.15) is 10.2 Å². The maximum atomic E-state index is 10.9. The van der Waals surface area contributed by atoms with E-state index >= 15 is 0 Å². The number of hydrogen-bond donors (Lipinski definition) is 1. The van der Waals surface area contributed by atoms with Crippen LogP contribution in [0.15, 0.2) is 10.2 Å². The summed E-state index contributed by atoms with van der Waals surface area (Å²) in [5.74, 6) is -0.0469. The average Bonchev–Trinajstić information content (AvgIpc) is 1.95. The number of azo groups is 1. The second-order valence-corrected chi connectivity index (χ2v) is 2.92. The van der Waals surface area contributed by atoms with E-state index in [1.807, 2.05) is 6.26 Å². The van der Waals surface area contributed by atoms with Gasteiger partial charge in [-0.3, -0.25) is 4.79 Å². The van der Waals surface area contributed by atoms with Crippen LogP contribution >= 0.6 is 11.8 Å². The van der Waals surface area contributed by atoms with Gasteiger partial charge in [0.2, 0.25) is 5.91 Å². The summed E-state index contributed by atoms with van der Waals surface area (Å²) in [7, 11) is 0. The van der Waals surface area contributed by atoms with Crippen LogP contribution in [0.4, 0.5) is 0 Å². The Morgan fingerprint density at radius 2 is 2.30 bits per heavy atom. The molecular formula is C5H9N3OS. The molecule has 56 valence electrons. The topological polar surface area (TPSA) is 53.8 Å². The summed E-state index contributed by atoms with van der Waals surface area (Å²) >= 11 is 1.46. The molecule has 2 atom stereocenters. The zero-order valence-electron chi connectivity index (χ0n) is 5.87. The highest BCUT2D eigenvalue weighted by Gasteiger charge is 2.20. The van der Waals surface area contributed by atoms with Crippen LogP contribution in [0, 0.1) is 0 Å². The van der Waals surface area contributed by atoms with Gasteiger partial charge in [0.25, 0.3) is 0 Å². The van der Waals surface area contributed by atoms with Crippen molar-refractivity contribution in [2.75, 3.05) is 6.26 Å². The van der Waals surface area contributed by atoms with Crippen molar-refractivity contribution in [1.82, 2.24) is 5.32 Å². The molecule has 0 saturated carbocycles. The van der Waals surface area contributed by atoms with E-state index in [0.29, 0.717) is 0 Å². The molecule has 0 fully saturated rings. The summed E-state index contributed by atoms with van der Waals surface area (Å²) < 4.78 is 0. The normalized spacial score (nSPS) is 32.0. The number of thioether (sulfide) groups is 1. The van der Waals surface area contributed by atoms with Crippen molar-refractivity contribution in [2.45, 2.75) is 18.5 Å². The van der Waals surface area contributed by atoms with Gasteiger partial charge in [0.1, 0.15) is 6.04 Å².